The normalized spacial score (nSPS) is 11.1. The average molecular weight is 1030 g/mol. The van der Waals surface area contributed by atoms with E-state index in [0.717, 1.165) is 87.0 Å². The van der Waals surface area contributed by atoms with Crippen molar-refractivity contribution in [1.29, 1.82) is 0 Å². The summed E-state index contributed by atoms with van der Waals surface area (Å²) in [6.45, 7) is 14.6. The molecule has 4 aromatic carbocycles. The van der Waals surface area contributed by atoms with E-state index in [1.807, 2.05) is 112 Å². The number of methoxy groups -OCH3 is 3. The predicted molar refractivity (Wildman–Crippen MR) is 303 cm³/mol. The molecule has 0 saturated carbocycles. The van der Waals surface area contributed by atoms with Gasteiger partial charge in [-0.3, -0.25) is 14.5 Å². The van der Waals surface area contributed by atoms with Crippen LogP contribution in [0.4, 0.5) is 34.4 Å². The van der Waals surface area contributed by atoms with Crippen molar-refractivity contribution in [1.82, 2.24) is 44.5 Å². The average Bonchev–Trinajstić information content (AvgIpc) is 4.01. The monoisotopic (exact) mass is 1030 g/mol. The Balaban J connectivity index is 0.000000229. The number of likely N-dealkylation sites (N-methyl/N-ethyl adjacent to an activating group) is 2. The predicted octanol–water partition coefficient (Wildman–Crippen LogP) is 9.26. The third-order valence-electron chi connectivity index (χ3n) is 12.2. The van der Waals surface area contributed by atoms with Crippen molar-refractivity contribution in [2.75, 3.05) is 89.1 Å². The standard InChI is InChI=1S/C32H39N7O4.C25H30N6O2/c1-9-29(40)34-24-16-25(28(42-8)17-27(24)38(6)15-14-37(4)5)35-32-33-18-22(31(41)43-20(2)3)30(36-32)23-19-39(7)26-13-11-10-12-21(23)26;1-17(2)26-8-9-31(20-10-21(32-4)13-22(11-20)33-5)19-6-7-23-24(12-19)29-25(15-27-23)18-14-28-30(3)16-18/h9-13,16-20H,1,14-15H2,2-8H3,(H,34,40)(H,33,35,36);6-7,10-17,26H,8-9H2,1-5H3. The lowest BCUT2D eigenvalue weighted by Crippen LogP contribution is -2.32. The van der Waals surface area contributed by atoms with Crippen LogP contribution in [0.5, 0.6) is 17.2 Å². The van der Waals surface area contributed by atoms with Gasteiger partial charge >= 0.3 is 5.97 Å². The Bertz CT molecular complexity index is 3290. The van der Waals surface area contributed by atoms with E-state index in [1.54, 1.807) is 58.3 Å². The summed E-state index contributed by atoms with van der Waals surface area (Å²) in [6, 6.07) is 24.0. The van der Waals surface area contributed by atoms with Crippen LogP contribution in [0.1, 0.15) is 38.1 Å². The first-order valence-electron chi connectivity index (χ1n) is 24.9. The van der Waals surface area contributed by atoms with Crippen molar-refractivity contribution in [3.05, 3.63) is 122 Å². The van der Waals surface area contributed by atoms with Gasteiger partial charge in [-0.1, -0.05) is 38.6 Å². The van der Waals surface area contributed by atoms with E-state index in [9.17, 15) is 9.59 Å². The zero-order valence-electron chi connectivity index (χ0n) is 45.5. The number of nitrogens with one attached hydrogen (secondary N) is 3. The van der Waals surface area contributed by atoms with Crippen molar-refractivity contribution in [2.45, 2.75) is 39.8 Å². The molecule has 8 aromatic rings. The molecule has 4 heterocycles. The van der Waals surface area contributed by atoms with Gasteiger partial charge in [-0.15, -0.1) is 0 Å². The fraction of sp³-hybridized carbons (Fsp3) is 0.316. The van der Waals surface area contributed by atoms with E-state index >= 15 is 0 Å². The van der Waals surface area contributed by atoms with E-state index in [1.165, 1.54) is 12.3 Å². The molecule has 8 rings (SSSR count). The number of aromatic nitrogens is 7. The number of carbonyl (C=O) groups excluding carboxylic acids is 2. The molecule has 0 aliphatic rings. The molecule has 19 heteroatoms. The molecule has 1 amide bonds. The number of hydrogen-bond donors (Lipinski definition) is 3. The zero-order valence-corrected chi connectivity index (χ0v) is 45.5. The lowest BCUT2D eigenvalue weighted by atomic mass is 10.1. The largest absolute Gasteiger partial charge is 0.497 e. The minimum atomic E-state index is -0.512. The second kappa shape index (κ2) is 25.1. The topological polar surface area (TPSA) is 191 Å². The Labute approximate surface area is 444 Å². The maximum atomic E-state index is 13.1. The van der Waals surface area contributed by atoms with Gasteiger partial charge in [-0.05, 0) is 64.4 Å². The summed E-state index contributed by atoms with van der Waals surface area (Å²) < 4.78 is 26.0. The summed E-state index contributed by atoms with van der Waals surface area (Å²) in [5.74, 6) is 1.37. The maximum Gasteiger partial charge on any atom is 0.342 e. The quantitative estimate of drug-likeness (QED) is 0.0455. The van der Waals surface area contributed by atoms with Gasteiger partial charge < -0.3 is 54.2 Å². The second-order valence-corrected chi connectivity index (χ2v) is 18.9. The molecule has 19 nitrogen and oxygen atoms in total. The second-order valence-electron chi connectivity index (χ2n) is 18.9. The number of esters is 1. The first kappa shape index (κ1) is 55.2. The number of carbonyl (C=O) groups is 2. The number of nitrogens with zero attached hydrogens (tertiary/aromatic N) is 10. The molecule has 0 aliphatic carbocycles. The van der Waals surface area contributed by atoms with Gasteiger partial charge in [-0.2, -0.15) is 5.10 Å². The van der Waals surface area contributed by atoms with Crippen LogP contribution in [-0.2, 0) is 23.6 Å². The summed E-state index contributed by atoms with van der Waals surface area (Å²) in [5, 5.41) is 14.8. The van der Waals surface area contributed by atoms with Crippen LogP contribution in [-0.4, -0.2) is 132 Å². The summed E-state index contributed by atoms with van der Waals surface area (Å²) in [6.07, 6.45) is 9.83. The van der Waals surface area contributed by atoms with Crippen molar-refractivity contribution in [2.24, 2.45) is 14.1 Å². The summed E-state index contributed by atoms with van der Waals surface area (Å²) in [4.78, 5) is 50.6. The fourth-order valence-corrected chi connectivity index (χ4v) is 8.31. The highest BCUT2D eigenvalue weighted by Crippen LogP contribution is 2.39. The number of para-hydroxylation sites is 1. The Kier molecular flexibility index (Phi) is 18.2. The van der Waals surface area contributed by atoms with Gasteiger partial charge in [0, 0.05) is 130 Å². The van der Waals surface area contributed by atoms with Crippen molar-refractivity contribution < 1.29 is 28.5 Å². The molecule has 398 valence electrons. The van der Waals surface area contributed by atoms with Gasteiger partial charge in [0.1, 0.15) is 22.8 Å². The molecule has 0 bridgehead atoms. The van der Waals surface area contributed by atoms with Crippen LogP contribution in [0.2, 0.25) is 0 Å². The molecule has 0 atom stereocenters. The lowest BCUT2D eigenvalue weighted by molar-refractivity contribution is -0.111. The van der Waals surface area contributed by atoms with E-state index in [2.05, 4.69) is 73.4 Å². The molecule has 0 saturated heterocycles. The Morgan fingerprint density at radius 2 is 1.53 bits per heavy atom. The van der Waals surface area contributed by atoms with Gasteiger partial charge in [0.25, 0.3) is 0 Å². The van der Waals surface area contributed by atoms with Crippen molar-refractivity contribution >= 4 is 68.2 Å². The van der Waals surface area contributed by atoms with Crippen molar-refractivity contribution in [3.8, 4) is 39.8 Å². The number of aryl methyl sites for hydroxylation is 2. The highest BCUT2D eigenvalue weighted by molar-refractivity contribution is 6.04. The number of amides is 1. The third kappa shape index (κ3) is 13.6. The van der Waals surface area contributed by atoms with Gasteiger partial charge in [0.2, 0.25) is 11.9 Å². The fourth-order valence-electron chi connectivity index (χ4n) is 8.31. The molecule has 0 spiro atoms. The third-order valence-corrected chi connectivity index (χ3v) is 12.2. The van der Waals surface area contributed by atoms with E-state index < -0.39 is 5.97 Å². The molecule has 4 aromatic heterocycles. The summed E-state index contributed by atoms with van der Waals surface area (Å²) in [7, 11) is 14.7. The molecule has 0 fully saturated rings. The number of ether oxygens (including phenoxy) is 4. The Hall–Kier alpha value is -8.55. The van der Waals surface area contributed by atoms with Crippen LogP contribution in [0.15, 0.2) is 116 Å². The minimum Gasteiger partial charge on any atom is -0.497 e. The zero-order chi connectivity index (χ0) is 54.6. The SMILES string of the molecule is C=CC(=O)Nc1cc(Nc2ncc(C(=O)OC(C)C)c(-c3cn(C)c4ccccc34)n2)c(OC)cc1N(C)CCN(C)C.COc1cc(OC)cc(N(CCNC(C)C)c2ccc3ncc(-c4cnn(C)c4)nc3c2)c1. The molecular formula is C57H69N13O6. The first-order valence-corrected chi connectivity index (χ1v) is 24.9. The smallest absolute Gasteiger partial charge is 0.342 e. The first-order chi connectivity index (χ1) is 36.5. The Morgan fingerprint density at radius 3 is 2.18 bits per heavy atom. The molecule has 3 N–H and O–H groups in total. The molecule has 76 heavy (non-hydrogen) atoms. The molecule has 0 unspecified atom stereocenters. The van der Waals surface area contributed by atoms with Gasteiger partial charge in [0.05, 0.1) is 79.3 Å². The highest BCUT2D eigenvalue weighted by atomic mass is 16.5. The van der Waals surface area contributed by atoms with E-state index in [0.29, 0.717) is 35.4 Å². The van der Waals surface area contributed by atoms with Crippen LogP contribution in [0.25, 0.3) is 44.5 Å². The summed E-state index contributed by atoms with van der Waals surface area (Å²) >= 11 is 0. The Morgan fingerprint density at radius 1 is 0.776 bits per heavy atom. The van der Waals surface area contributed by atoms with E-state index in [4.69, 9.17) is 28.9 Å². The molecule has 0 aliphatic heterocycles. The number of hydrogen-bond acceptors (Lipinski definition) is 16. The van der Waals surface area contributed by atoms with Crippen LogP contribution in [0.3, 0.4) is 0 Å². The van der Waals surface area contributed by atoms with Crippen LogP contribution >= 0.6 is 0 Å². The molecular weight excluding hydrogens is 963 g/mol. The molecule has 0 radical (unpaired) electrons. The van der Waals surface area contributed by atoms with Crippen LogP contribution in [0, 0.1) is 0 Å². The summed E-state index contributed by atoms with van der Waals surface area (Å²) in [5.41, 5.74) is 9.68. The maximum absolute atomic E-state index is 13.1. The van der Waals surface area contributed by atoms with Gasteiger partial charge in [0.15, 0.2) is 0 Å². The van der Waals surface area contributed by atoms with E-state index in [-0.39, 0.29) is 23.5 Å². The van der Waals surface area contributed by atoms with Gasteiger partial charge in [-0.25, -0.2) is 19.7 Å². The number of rotatable bonds is 21. The highest BCUT2D eigenvalue weighted by Gasteiger charge is 2.24. The minimum absolute atomic E-state index is 0.233. The number of fused-ring (bicyclic) bond motifs is 2. The number of benzene rings is 4. The lowest BCUT2D eigenvalue weighted by Gasteiger charge is -2.27. The van der Waals surface area contributed by atoms with Crippen molar-refractivity contribution in [3.63, 3.8) is 0 Å². The number of anilines is 6. The van der Waals surface area contributed by atoms with Crippen LogP contribution < -0.4 is 40.0 Å².